The summed E-state index contributed by atoms with van der Waals surface area (Å²) < 4.78 is 51.1. The van der Waals surface area contributed by atoms with Gasteiger partial charge in [0.1, 0.15) is 6.07 Å². The van der Waals surface area contributed by atoms with Crippen LogP contribution in [0.15, 0.2) is 10.7 Å². The van der Waals surface area contributed by atoms with E-state index in [4.69, 9.17) is 5.26 Å². The zero-order valence-corrected chi connectivity index (χ0v) is 8.36. The Morgan fingerprint density at radius 1 is 1.47 bits per heavy atom. The van der Waals surface area contributed by atoms with E-state index >= 15 is 0 Å². The van der Waals surface area contributed by atoms with Gasteiger partial charge in [-0.3, -0.25) is 0 Å². The molecule has 0 N–H and O–H groups in total. The minimum absolute atomic E-state index is 0.220. The van der Waals surface area contributed by atoms with Crippen LogP contribution < -0.4 is 4.74 Å². The van der Waals surface area contributed by atoms with Crippen molar-refractivity contribution in [3.63, 3.8) is 0 Å². The highest BCUT2D eigenvalue weighted by Gasteiger charge is 2.33. The first-order valence-corrected chi connectivity index (χ1v) is 4.14. The Balaban J connectivity index is 3.14. The van der Waals surface area contributed by atoms with Crippen molar-refractivity contribution in [2.24, 2.45) is 0 Å². The van der Waals surface area contributed by atoms with Crippen molar-refractivity contribution >= 4 is 15.9 Å². The van der Waals surface area contributed by atoms with Gasteiger partial charge < -0.3 is 4.74 Å². The fourth-order valence-electron chi connectivity index (χ4n) is 0.707. The van der Waals surface area contributed by atoms with Gasteiger partial charge in [-0.1, -0.05) is 0 Å². The fraction of sp³-hybridized carbons (Fsp3) is 0.143. The molecule has 80 valence electrons. The summed E-state index contributed by atoms with van der Waals surface area (Å²) >= 11 is 2.61. The molecule has 8 heteroatoms. The molecule has 0 aliphatic carbocycles. The molecule has 15 heavy (non-hydrogen) atoms. The highest BCUT2D eigenvalue weighted by Crippen LogP contribution is 2.29. The maximum atomic E-state index is 13.1. The first kappa shape index (κ1) is 11.7. The van der Waals surface area contributed by atoms with Crippen molar-refractivity contribution in [1.29, 1.82) is 5.26 Å². The molecule has 0 radical (unpaired) electrons. The van der Waals surface area contributed by atoms with Gasteiger partial charge in [-0.2, -0.15) is 9.65 Å². The van der Waals surface area contributed by atoms with Crippen LogP contribution in [0.4, 0.5) is 17.6 Å². The topological polar surface area (TPSA) is 45.9 Å². The number of aromatic nitrogens is 1. The molecule has 0 bridgehead atoms. The number of halogens is 5. The predicted octanol–water partition coefficient (Wildman–Crippen LogP) is 2.75. The normalized spacial score (nSPS) is 10.9. The van der Waals surface area contributed by atoms with Crippen molar-refractivity contribution in [3.05, 3.63) is 22.1 Å². The summed E-state index contributed by atoms with van der Waals surface area (Å²) in [7, 11) is 0. The number of pyridine rings is 1. The highest BCUT2D eigenvalue weighted by atomic mass is 79.9. The number of hydrogen-bond acceptors (Lipinski definition) is 3. The van der Waals surface area contributed by atoms with Crippen LogP contribution in [0.25, 0.3) is 0 Å². The van der Waals surface area contributed by atoms with Gasteiger partial charge in [-0.15, -0.1) is 13.2 Å². The van der Waals surface area contributed by atoms with E-state index in [-0.39, 0.29) is 5.56 Å². The zero-order valence-electron chi connectivity index (χ0n) is 6.77. The van der Waals surface area contributed by atoms with Gasteiger partial charge in [0.05, 0.1) is 16.2 Å². The first-order chi connectivity index (χ1) is 6.85. The largest absolute Gasteiger partial charge is 0.574 e. The number of rotatable bonds is 1. The van der Waals surface area contributed by atoms with Crippen molar-refractivity contribution in [2.45, 2.75) is 6.36 Å². The van der Waals surface area contributed by atoms with Crippen LogP contribution in [-0.4, -0.2) is 11.3 Å². The quantitative estimate of drug-likeness (QED) is 0.745. The molecule has 0 spiro atoms. The van der Waals surface area contributed by atoms with Gasteiger partial charge in [-0.05, 0) is 15.9 Å². The minimum Gasteiger partial charge on any atom is -0.385 e. The Morgan fingerprint density at radius 3 is 2.53 bits per heavy atom. The van der Waals surface area contributed by atoms with E-state index < -0.39 is 22.5 Å². The third-order valence-corrected chi connectivity index (χ3v) is 2.04. The van der Waals surface area contributed by atoms with E-state index in [1.807, 2.05) is 0 Å². The summed E-state index contributed by atoms with van der Waals surface area (Å²) in [5.74, 6) is -2.60. The SMILES string of the molecule is N#Cc1cnc(OC(F)(F)F)c(F)c1Br. The summed E-state index contributed by atoms with van der Waals surface area (Å²) in [6.07, 6.45) is -4.25. The molecule has 1 heterocycles. The highest BCUT2D eigenvalue weighted by molar-refractivity contribution is 9.10. The summed E-state index contributed by atoms with van der Waals surface area (Å²) in [4.78, 5) is 3.03. The van der Waals surface area contributed by atoms with Crippen LogP contribution in [-0.2, 0) is 0 Å². The van der Waals surface area contributed by atoms with E-state index in [0.29, 0.717) is 0 Å². The lowest BCUT2D eigenvalue weighted by Gasteiger charge is -2.09. The third-order valence-electron chi connectivity index (χ3n) is 1.26. The standard InChI is InChI=1S/C7HBrF4N2O/c8-4-3(1-13)2-14-6(5(4)9)15-7(10,11)12/h2H. The number of alkyl halides is 3. The second-order valence-corrected chi connectivity index (χ2v) is 3.06. The number of ether oxygens (including phenoxy) is 1. The van der Waals surface area contributed by atoms with Gasteiger partial charge in [0.15, 0.2) is 0 Å². The Hall–Kier alpha value is -1.36. The van der Waals surface area contributed by atoms with Crippen molar-refractivity contribution in [1.82, 2.24) is 4.98 Å². The number of hydrogen-bond donors (Lipinski definition) is 0. The van der Waals surface area contributed by atoms with Gasteiger partial charge in [-0.25, -0.2) is 4.98 Å². The summed E-state index contributed by atoms with van der Waals surface area (Å²) in [5, 5.41) is 8.42. The molecular formula is C7HBrF4N2O. The predicted molar refractivity (Wildman–Crippen MR) is 43.3 cm³/mol. The monoisotopic (exact) mass is 284 g/mol. The Bertz CT molecular complexity index is 426. The molecule has 0 aliphatic rings. The Kier molecular flexibility index (Phi) is 3.14. The van der Waals surface area contributed by atoms with Crippen molar-refractivity contribution < 1.29 is 22.3 Å². The van der Waals surface area contributed by atoms with Crippen LogP contribution in [0.2, 0.25) is 0 Å². The van der Waals surface area contributed by atoms with E-state index in [9.17, 15) is 17.6 Å². The fourth-order valence-corrected chi connectivity index (χ4v) is 1.07. The molecule has 1 aromatic heterocycles. The van der Waals surface area contributed by atoms with Crippen LogP contribution >= 0.6 is 15.9 Å². The molecule has 0 amide bonds. The molecule has 0 aromatic carbocycles. The smallest absolute Gasteiger partial charge is 0.385 e. The molecule has 1 rings (SSSR count). The molecule has 3 nitrogen and oxygen atoms in total. The second-order valence-electron chi connectivity index (χ2n) is 2.26. The van der Waals surface area contributed by atoms with Crippen LogP contribution in [0, 0.1) is 17.1 Å². The van der Waals surface area contributed by atoms with E-state index in [1.165, 1.54) is 6.07 Å². The summed E-state index contributed by atoms with van der Waals surface area (Å²) in [6, 6.07) is 1.54. The van der Waals surface area contributed by atoms with Gasteiger partial charge >= 0.3 is 6.36 Å². The maximum absolute atomic E-state index is 13.1. The molecule has 0 unspecified atom stereocenters. The second kappa shape index (κ2) is 4.02. The van der Waals surface area contributed by atoms with Crippen molar-refractivity contribution in [3.8, 4) is 11.9 Å². The molecule has 0 saturated carbocycles. The molecule has 0 saturated heterocycles. The molecule has 0 fully saturated rings. The molecular weight excluding hydrogens is 284 g/mol. The Labute approximate surface area is 89.4 Å². The average molecular weight is 285 g/mol. The summed E-state index contributed by atoms with van der Waals surface area (Å²) in [5.41, 5.74) is -0.220. The van der Waals surface area contributed by atoms with Gasteiger partial charge in [0, 0.05) is 0 Å². The van der Waals surface area contributed by atoms with Gasteiger partial charge in [0.2, 0.25) is 5.82 Å². The van der Waals surface area contributed by atoms with Crippen LogP contribution in [0.5, 0.6) is 5.88 Å². The third kappa shape index (κ3) is 2.79. The molecule has 0 atom stereocenters. The lowest BCUT2D eigenvalue weighted by Crippen LogP contribution is -2.19. The zero-order chi connectivity index (χ0) is 11.6. The van der Waals surface area contributed by atoms with E-state index in [2.05, 4.69) is 25.7 Å². The molecule has 0 aliphatic heterocycles. The summed E-state index contributed by atoms with van der Waals surface area (Å²) in [6.45, 7) is 0. The average Bonchev–Trinajstić information content (AvgIpc) is 2.11. The van der Waals surface area contributed by atoms with Crippen LogP contribution in [0.3, 0.4) is 0 Å². The lowest BCUT2D eigenvalue weighted by molar-refractivity contribution is -0.277. The minimum atomic E-state index is -5.03. The lowest BCUT2D eigenvalue weighted by atomic mass is 10.3. The van der Waals surface area contributed by atoms with Crippen molar-refractivity contribution in [2.75, 3.05) is 0 Å². The van der Waals surface area contributed by atoms with E-state index in [0.717, 1.165) is 6.20 Å². The number of nitriles is 1. The molecule has 1 aromatic rings. The van der Waals surface area contributed by atoms with Gasteiger partial charge in [0.25, 0.3) is 5.88 Å². The number of nitrogens with zero attached hydrogens (tertiary/aromatic N) is 2. The Morgan fingerprint density at radius 2 is 2.07 bits per heavy atom. The van der Waals surface area contributed by atoms with E-state index in [1.54, 1.807) is 0 Å². The van der Waals surface area contributed by atoms with Crippen LogP contribution in [0.1, 0.15) is 5.56 Å². The first-order valence-electron chi connectivity index (χ1n) is 3.35. The maximum Gasteiger partial charge on any atom is 0.574 e.